The van der Waals surface area contributed by atoms with Crippen LogP contribution >= 0.6 is 23.2 Å². The van der Waals surface area contributed by atoms with Gasteiger partial charge in [-0.25, -0.2) is 9.97 Å². The predicted molar refractivity (Wildman–Crippen MR) is 77.6 cm³/mol. The third-order valence-electron chi connectivity index (χ3n) is 3.57. The van der Waals surface area contributed by atoms with E-state index in [1.54, 1.807) is 18.5 Å². The first-order valence-electron chi connectivity index (χ1n) is 6.21. The van der Waals surface area contributed by atoms with Crippen molar-refractivity contribution >= 4 is 29.2 Å². The second-order valence-electron chi connectivity index (χ2n) is 4.73. The topological polar surface area (TPSA) is 37.8 Å². The minimum Gasteiger partial charge on any atom is -0.345 e. The zero-order chi connectivity index (χ0) is 13.3. The van der Waals surface area contributed by atoms with Gasteiger partial charge in [0.2, 0.25) is 5.95 Å². The van der Waals surface area contributed by atoms with Gasteiger partial charge < -0.3 is 5.32 Å². The first-order chi connectivity index (χ1) is 9.21. The van der Waals surface area contributed by atoms with Crippen molar-refractivity contribution < 1.29 is 0 Å². The van der Waals surface area contributed by atoms with Crippen LogP contribution in [-0.2, 0) is 5.54 Å². The molecule has 2 aromatic rings. The molecule has 0 saturated heterocycles. The molecule has 0 unspecified atom stereocenters. The van der Waals surface area contributed by atoms with Gasteiger partial charge in [0.05, 0.1) is 5.54 Å². The molecule has 1 heterocycles. The van der Waals surface area contributed by atoms with E-state index >= 15 is 0 Å². The van der Waals surface area contributed by atoms with Gasteiger partial charge in [-0.15, -0.1) is 0 Å². The fraction of sp³-hybridized carbons (Fsp3) is 0.286. The Labute approximate surface area is 122 Å². The molecule has 98 valence electrons. The Hall–Kier alpha value is -1.32. The number of anilines is 1. The molecule has 5 heteroatoms. The van der Waals surface area contributed by atoms with E-state index in [-0.39, 0.29) is 5.54 Å². The summed E-state index contributed by atoms with van der Waals surface area (Å²) in [7, 11) is 0. The molecule has 0 amide bonds. The SMILES string of the molecule is Clc1cccc(Cl)c1C1(Nc2ncccn2)CCC1. The highest BCUT2D eigenvalue weighted by atomic mass is 35.5. The largest absolute Gasteiger partial charge is 0.345 e. The molecule has 1 aliphatic carbocycles. The van der Waals surface area contributed by atoms with Crippen LogP contribution < -0.4 is 5.32 Å². The monoisotopic (exact) mass is 293 g/mol. The number of hydrogen-bond donors (Lipinski definition) is 1. The molecule has 1 fully saturated rings. The molecule has 0 aliphatic heterocycles. The van der Waals surface area contributed by atoms with Crippen LogP contribution in [0.2, 0.25) is 10.0 Å². The van der Waals surface area contributed by atoms with Gasteiger partial charge in [0.15, 0.2) is 0 Å². The summed E-state index contributed by atoms with van der Waals surface area (Å²) < 4.78 is 0. The Kier molecular flexibility index (Phi) is 3.33. The molecule has 1 aromatic heterocycles. The first-order valence-corrected chi connectivity index (χ1v) is 6.97. The van der Waals surface area contributed by atoms with Crippen LogP contribution in [0.25, 0.3) is 0 Å². The van der Waals surface area contributed by atoms with Gasteiger partial charge in [-0.3, -0.25) is 0 Å². The van der Waals surface area contributed by atoms with Gasteiger partial charge in [-0.2, -0.15) is 0 Å². The Balaban J connectivity index is 2.00. The van der Waals surface area contributed by atoms with E-state index in [1.165, 1.54) is 0 Å². The number of halogens is 2. The molecule has 19 heavy (non-hydrogen) atoms. The standard InChI is InChI=1S/C14H13Cl2N3/c15-10-4-1-5-11(16)12(10)14(6-2-7-14)19-13-17-8-3-9-18-13/h1,3-5,8-9H,2,6-7H2,(H,17,18,19). The molecule has 1 saturated carbocycles. The first kappa shape index (κ1) is 12.7. The van der Waals surface area contributed by atoms with Gasteiger partial charge in [-0.1, -0.05) is 29.3 Å². The van der Waals surface area contributed by atoms with Crippen LogP contribution in [0, 0.1) is 0 Å². The minimum atomic E-state index is -0.239. The van der Waals surface area contributed by atoms with Crippen molar-refractivity contribution in [3.05, 3.63) is 52.3 Å². The molecule has 0 radical (unpaired) electrons. The number of nitrogens with one attached hydrogen (secondary N) is 1. The summed E-state index contributed by atoms with van der Waals surface area (Å²) in [6.45, 7) is 0. The van der Waals surface area contributed by atoms with E-state index in [4.69, 9.17) is 23.2 Å². The number of aromatic nitrogens is 2. The zero-order valence-electron chi connectivity index (χ0n) is 10.2. The molecule has 3 nitrogen and oxygen atoms in total. The second kappa shape index (κ2) is 4.99. The second-order valence-corrected chi connectivity index (χ2v) is 5.54. The van der Waals surface area contributed by atoms with Crippen LogP contribution in [0.1, 0.15) is 24.8 Å². The van der Waals surface area contributed by atoms with E-state index < -0.39 is 0 Å². The lowest BCUT2D eigenvalue weighted by Gasteiger charge is -2.44. The quantitative estimate of drug-likeness (QED) is 0.918. The lowest BCUT2D eigenvalue weighted by molar-refractivity contribution is 0.283. The van der Waals surface area contributed by atoms with E-state index in [0.29, 0.717) is 16.0 Å². The molecule has 3 rings (SSSR count). The maximum absolute atomic E-state index is 6.33. The maximum atomic E-state index is 6.33. The number of hydrogen-bond acceptors (Lipinski definition) is 3. The van der Waals surface area contributed by atoms with E-state index in [1.807, 2.05) is 18.2 Å². The van der Waals surface area contributed by atoms with Crippen molar-refractivity contribution in [3.63, 3.8) is 0 Å². The van der Waals surface area contributed by atoms with Crippen LogP contribution in [0.4, 0.5) is 5.95 Å². The summed E-state index contributed by atoms with van der Waals surface area (Å²) >= 11 is 12.7. The summed E-state index contributed by atoms with van der Waals surface area (Å²) in [5.41, 5.74) is 0.716. The molecule has 1 aliphatic rings. The molecule has 1 N–H and O–H groups in total. The minimum absolute atomic E-state index is 0.239. The highest BCUT2D eigenvalue weighted by molar-refractivity contribution is 6.36. The molecule has 0 atom stereocenters. The van der Waals surface area contributed by atoms with Crippen molar-refractivity contribution in [2.45, 2.75) is 24.8 Å². The molecular formula is C14H13Cl2N3. The van der Waals surface area contributed by atoms with Gasteiger partial charge >= 0.3 is 0 Å². The third kappa shape index (κ3) is 2.28. The number of rotatable bonds is 3. The molecule has 1 aromatic carbocycles. The van der Waals surface area contributed by atoms with Crippen molar-refractivity contribution in [1.29, 1.82) is 0 Å². The summed E-state index contributed by atoms with van der Waals surface area (Å²) in [6, 6.07) is 7.40. The van der Waals surface area contributed by atoms with E-state index in [2.05, 4.69) is 15.3 Å². The molecule has 0 spiro atoms. The lowest BCUT2D eigenvalue weighted by Crippen LogP contribution is -2.43. The van der Waals surface area contributed by atoms with Gasteiger partial charge in [-0.05, 0) is 37.5 Å². The van der Waals surface area contributed by atoms with E-state index in [0.717, 1.165) is 24.8 Å². The van der Waals surface area contributed by atoms with Crippen molar-refractivity contribution in [2.75, 3.05) is 5.32 Å². The van der Waals surface area contributed by atoms with Crippen molar-refractivity contribution in [3.8, 4) is 0 Å². The van der Waals surface area contributed by atoms with Crippen LogP contribution in [0.15, 0.2) is 36.7 Å². The zero-order valence-corrected chi connectivity index (χ0v) is 11.7. The van der Waals surface area contributed by atoms with Crippen molar-refractivity contribution in [1.82, 2.24) is 9.97 Å². The van der Waals surface area contributed by atoms with Crippen molar-refractivity contribution in [2.24, 2.45) is 0 Å². The van der Waals surface area contributed by atoms with Gasteiger partial charge in [0.1, 0.15) is 0 Å². The van der Waals surface area contributed by atoms with Gasteiger partial charge in [0.25, 0.3) is 0 Å². The Morgan fingerprint density at radius 2 is 1.63 bits per heavy atom. The number of nitrogens with zero attached hydrogens (tertiary/aromatic N) is 2. The average molecular weight is 294 g/mol. The fourth-order valence-electron chi connectivity index (χ4n) is 2.50. The summed E-state index contributed by atoms with van der Waals surface area (Å²) in [5.74, 6) is 0.609. The summed E-state index contributed by atoms with van der Waals surface area (Å²) in [5, 5.41) is 4.78. The van der Waals surface area contributed by atoms with Gasteiger partial charge in [0, 0.05) is 28.0 Å². The smallest absolute Gasteiger partial charge is 0.223 e. The highest BCUT2D eigenvalue weighted by Crippen LogP contribution is 2.48. The Bertz CT molecular complexity index is 562. The van der Waals surface area contributed by atoms with E-state index in [9.17, 15) is 0 Å². The summed E-state index contributed by atoms with van der Waals surface area (Å²) in [6.07, 6.45) is 6.54. The Morgan fingerprint density at radius 3 is 2.16 bits per heavy atom. The fourth-order valence-corrected chi connectivity index (χ4v) is 3.26. The summed E-state index contributed by atoms with van der Waals surface area (Å²) in [4.78, 5) is 8.44. The highest BCUT2D eigenvalue weighted by Gasteiger charge is 2.42. The molecular weight excluding hydrogens is 281 g/mol. The average Bonchev–Trinajstić information content (AvgIpc) is 2.36. The third-order valence-corrected chi connectivity index (χ3v) is 4.20. The number of benzene rings is 1. The normalized spacial score (nSPS) is 16.7. The Morgan fingerprint density at radius 1 is 1.00 bits per heavy atom. The van der Waals surface area contributed by atoms with Crippen LogP contribution in [0.3, 0.4) is 0 Å². The van der Waals surface area contributed by atoms with Crippen LogP contribution in [0.5, 0.6) is 0 Å². The predicted octanol–water partition coefficient (Wildman–Crippen LogP) is 4.27. The van der Waals surface area contributed by atoms with Crippen LogP contribution in [-0.4, -0.2) is 9.97 Å². The molecule has 0 bridgehead atoms. The lowest BCUT2D eigenvalue weighted by atomic mass is 9.72. The maximum Gasteiger partial charge on any atom is 0.223 e.